The van der Waals surface area contributed by atoms with E-state index in [0.717, 1.165) is 18.2 Å². The monoisotopic (exact) mass is 632 g/mol. The van der Waals surface area contributed by atoms with E-state index in [1.54, 1.807) is 6.08 Å². The number of ether oxygens (including phenoxy) is 1. The largest absolute Gasteiger partial charge is 0.501 e. The van der Waals surface area contributed by atoms with Gasteiger partial charge in [0, 0.05) is 23.4 Å². The second-order valence-corrected chi connectivity index (χ2v) is 12.3. The van der Waals surface area contributed by atoms with Crippen LogP contribution in [0.2, 0.25) is 0 Å². The van der Waals surface area contributed by atoms with Crippen molar-refractivity contribution in [3.05, 3.63) is 89.8 Å². The molecule has 3 aromatic carbocycles. The first-order chi connectivity index (χ1) is 20.7. The predicted octanol–water partition coefficient (Wildman–Crippen LogP) is 5.05. The molecule has 5 rings (SSSR count). The lowest BCUT2D eigenvalue weighted by Gasteiger charge is -2.28. The summed E-state index contributed by atoms with van der Waals surface area (Å²) in [4.78, 5) is 37.3. The van der Waals surface area contributed by atoms with Crippen LogP contribution in [-0.4, -0.2) is 50.0 Å². The normalized spacial score (nSPS) is 20.8. The molecule has 1 fully saturated rings. The minimum absolute atomic E-state index is 0.0603. The third-order valence-corrected chi connectivity index (χ3v) is 9.21. The summed E-state index contributed by atoms with van der Waals surface area (Å²) in [6.07, 6.45) is 4.13. The minimum atomic E-state index is -5.65. The van der Waals surface area contributed by atoms with Gasteiger partial charge in [-0.25, -0.2) is 17.6 Å². The molecule has 0 aliphatic heterocycles. The molecule has 4 atom stereocenters. The number of aromatic carboxylic acids is 1. The first-order valence-electron chi connectivity index (χ1n) is 13.1. The Hall–Kier alpha value is -4.72. The van der Waals surface area contributed by atoms with Gasteiger partial charge in [-0.15, -0.1) is 0 Å². The zero-order chi connectivity index (χ0) is 32.0. The van der Waals surface area contributed by atoms with Crippen LogP contribution in [0.5, 0.6) is 5.75 Å². The lowest BCUT2D eigenvalue weighted by Crippen LogP contribution is -2.47. The van der Waals surface area contributed by atoms with E-state index in [9.17, 15) is 41.1 Å². The predicted molar refractivity (Wildman–Crippen MR) is 149 cm³/mol. The molecule has 0 aromatic heterocycles. The third-order valence-electron chi connectivity index (χ3n) is 7.73. The maximum Gasteiger partial charge on any atom is 0.501 e. The molecule has 14 heteroatoms. The second kappa shape index (κ2) is 11.4. The topological polar surface area (TPSA) is 139 Å². The number of carbonyl (C=O) groups is 3. The fraction of sp³-hybridized carbons (Fsp3) is 0.233. The fourth-order valence-electron chi connectivity index (χ4n) is 5.65. The zero-order valence-electron chi connectivity index (χ0n) is 22.8. The number of benzene rings is 3. The van der Waals surface area contributed by atoms with Crippen molar-refractivity contribution in [1.82, 2.24) is 5.32 Å². The van der Waals surface area contributed by atoms with Gasteiger partial charge in [-0.05, 0) is 60.2 Å². The molecule has 230 valence electrons. The number of carboxylic acid groups (broad SMARTS) is 1. The summed E-state index contributed by atoms with van der Waals surface area (Å²) in [6.45, 7) is 0. The van der Waals surface area contributed by atoms with Crippen LogP contribution in [0.15, 0.2) is 77.7 Å². The molecule has 0 heterocycles. The van der Waals surface area contributed by atoms with Gasteiger partial charge in [0.25, 0.3) is 15.7 Å². The molecule has 9 nitrogen and oxygen atoms in total. The van der Waals surface area contributed by atoms with Gasteiger partial charge in [-0.1, -0.05) is 30.4 Å². The van der Waals surface area contributed by atoms with Crippen molar-refractivity contribution in [3.8, 4) is 16.9 Å². The summed E-state index contributed by atoms with van der Waals surface area (Å²) >= 11 is 0. The van der Waals surface area contributed by atoms with Crippen LogP contribution in [-0.2, 0) is 14.6 Å². The quantitative estimate of drug-likeness (QED) is 0.233. The zero-order valence-corrected chi connectivity index (χ0v) is 23.6. The van der Waals surface area contributed by atoms with Crippen LogP contribution < -0.4 is 15.4 Å². The Bertz CT molecular complexity index is 1810. The van der Waals surface area contributed by atoms with E-state index in [1.165, 1.54) is 43.5 Å². The van der Waals surface area contributed by atoms with Gasteiger partial charge >= 0.3 is 11.5 Å². The Morgan fingerprint density at radius 2 is 1.68 bits per heavy atom. The Kier molecular flexibility index (Phi) is 7.97. The lowest BCUT2D eigenvalue weighted by molar-refractivity contribution is -0.121. The van der Waals surface area contributed by atoms with Gasteiger partial charge in [0.2, 0.25) is 5.91 Å². The number of sulfone groups is 1. The van der Waals surface area contributed by atoms with E-state index in [-0.39, 0.29) is 45.5 Å². The molecule has 0 unspecified atom stereocenters. The number of nitrogens with one attached hydrogen (secondary N) is 2. The number of hydrogen-bond acceptors (Lipinski definition) is 6. The Morgan fingerprint density at radius 3 is 2.36 bits per heavy atom. The van der Waals surface area contributed by atoms with Crippen LogP contribution in [0.4, 0.5) is 23.2 Å². The average molecular weight is 633 g/mol. The molecule has 2 aliphatic carbocycles. The van der Waals surface area contributed by atoms with Crippen LogP contribution in [0.1, 0.15) is 27.1 Å². The minimum Gasteiger partial charge on any atom is -0.496 e. The summed E-state index contributed by atoms with van der Waals surface area (Å²) in [7, 11) is -4.41. The highest BCUT2D eigenvalue weighted by atomic mass is 32.2. The van der Waals surface area contributed by atoms with Gasteiger partial charge in [-0.3, -0.25) is 9.59 Å². The summed E-state index contributed by atoms with van der Waals surface area (Å²) < 4.78 is 83.1. The summed E-state index contributed by atoms with van der Waals surface area (Å²) in [5.74, 6) is -4.91. The smallest absolute Gasteiger partial charge is 0.496 e. The summed E-state index contributed by atoms with van der Waals surface area (Å²) in [5, 5.41) is 14.6. The molecule has 3 aromatic rings. The second-order valence-electron chi connectivity index (χ2n) is 10.4. The SMILES string of the molecule is COc1cc(F)c(-c2cccc(C(=O)O)c2)cc1C(=O)N[C@H]1[C@@H](C(=O)Nc2cccc(S(=O)(=O)C(F)(F)F)c2)[C@@H]2C=C[C@H]1C2. The maximum atomic E-state index is 15.0. The van der Waals surface area contributed by atoms with E-state index in [4.69, 9.17) is 4.74 Å². The van der Waals surface area contributed by atoms with Gasteiger partial charge < -0.3 is 20.5 Å². The van der Waals surface area contributed by atoms with Crippen LogP contribution in [0, 0.1) is 23.6 Å². The highest BCUT2D eigenvalue weighted by Gasteiger charge is 2.49. The molecule has 0 spiro atoms. The van der Waals surface area contributed by atoms with Crippen molar-refractivity contribution in [2.24, 2.45) is 17.8 Å². The number of methoxy groups -OCH3 is 1. The van der Waals surface area contributed by atoms with Crippen molar-refractivity contribution in [2.45, 2.75) is 22.9 Å². The molecule has 3 N–H and O–H groups in total. The van der Waals surface area contributed by atoms with Crippen molar-refractivity contribution in [2.75, 3.05) is 12.4 Å². The first kappa shape index (κ1) is 30.7. The van der Waals surface area contributed by atoms with Crippen molar-refractivity contribution >= 4 is 33.3 Å². The van der Waals surface area contributed by atoms with Crippen LogP contribution in [0.3, 0.4) is 0 Å². The molecule has 2 aliphatic rings. The van der Waals surface area contributed by atoms with Gasteiger partial charge in [0.15, 0.2) is 0 Å². The first-order valence-corrected chi connectivity index (χ1v) is 14.6. The van der Waals surface area contributed by atoms with Crippen LogP contribution in [0.25, 0.3) is 11.1 Å². The highest BCUT2D eigenvalue weighted by Crippen LogP contribution is 2.45. The average Bonchev–Trinajstić information content (AvgIpc) is 3.58. The number of fused-ring (bicyclic) bond motifs is 2. The number of alkyl halides is 3. The number of allylic oxidation sites excluding steroid dienone is 1. The number of carbonyl (C=O) groups excluding carboxylic acids is 2. The molecule has 0 radical (unpaired) electrons. The van der Waals surface area contributed by atoms with Gasteiger partial charge in [0.1, 0.15) is 11.6 Å². The molecule has 44 heavy (non-hydrogen) atoms. The van der Waals surface area contributed by atoms with E-state index in [2.05, 4.69) is 10.6 Å². The van der Waals surface area contributed by atoms with E-state index in [1.807, 2.05) is 6.08 Å². The molecule has 2 bridgehead atoms. The molecule has 1 saturated carbocycles. The van der Waals surface area contributed by atoms with Gasteiger partial charge in [0.05, 0.1) is 29.1 Å². The number of amides is 2. The summed E-state index contributed by atoms with van der Waals surface area (Å²) in [6, 6.07) is 10.7. The molecule has 0 saturated heterocycles. The maximum absolute atomic E-state index is 15.0. The Morgan fingerprint density at radius 1 is 0.977 bits per heavy atom. The number of rotatable bonds is 8. The van der Waals surface area contributed by atoms with Crippen molar-refractivity contribution in [1.29, 1.82) is 0 Å². The Balaban J connectivity index is 1.41. The van der Waals surface area contributed by atoms with Crippen LogP contribution >= 0.6 is 0 Å². The number of hydrogen-bond donors (Lipinski definition) is 3. The van der Waals surface area contributed by atoms with Gasteiger partial charge in [-0.2, -0.15) is 13.2 Å². The molecular formula is C30H24F4N2O7S. The third kappa shape index (κ3) is 5.64. The number of carboxylic acids is 1. The van der Waals surface area contributed by atoms with Crippen molar-refractivity contribution < 1.29 is 50.2 Å². The fourth-order valence-corrected chi connectivity index (χ4v) is 6.46. The van der Waals surface area contributed by atoms with E-state index >= 15 is 4.39 Å². The lowest BCUT2D eigenvalue weighted by atomic mass is 9.87. The van der Waals surface area contributed by atoms with E-state index < -0.39 is 55.8 Å². The standard InChI is InChI=1S/C30H24F4N2O7S/c1-43-24-14-23(31)21(15-4-2-5-18(10-15)29(39)40)13-22(24)27(37)36-26-17-9-8-16(11-17)25(26)28(38)35-19-6-3-7-20(12-19)44(41,42)30(32,33)34/h2-10,12-14,16-17,25-26H,11H2,1H3,(H,35,38)(H,36,37)(H,39,40)/t16-,17+,25+,26-/m1/s1. The van der Waals surface area contributed by atoms with E-state index in [0.29, 0.717) is 12.5 Å². The summed E-state index contributed by atoms with van der Waals surface area (Å²) in [5.41, 5.74) is -5.73. The van der Waals surface area contributed by atoms with Crippen molar-refractivity contribution in [3.63, 3.8) is 0 Å². The molecule has 2 amide bonds. The highest BCUT2D eigenvalue weighted by molar-refractivity contribution is 7.92. The number of anilines is 1. The molecular weight excluding hydrogens is 608 g/mol. The Labute approximate surface area is 248 Å². The number of halogens is 4.